The Balaban J connectivity index is 1.91. The molecule has 21 heavy (non-hydrogen) atoms. The van der Waals surface area contributed by atoms with Crippen molar-refractivity contribution in [1.82, 2.24) is 9.38 Å². The lowest BCUT2D eigenvalue weighted by Crippen LogP contribution is -1.88. The number of nitro groups is 1. The zero-order valence-corrected chi connectivity index (χ0v) is 11.6. The van der Waals surface area contributed by atoms with Gasteiger partial charge in [0.1, 0.15) is 0 Å². The van der Waals surface area contributed by atoms with Crippen LogP contribution in [0.1, 0.15) is 0 Å². The summed E-state index contributed by atoms with van der Waals surface area (Å²) in [6.07, 6.45) is 1.92. The van der Waals surface area contributed by atoms with E-state index in [0.29, 0.717) is 0 Å². The molecule has 6 heteroatoms. The third-order valence-electron chi connectivity index (χ3n) is 3.35. The number of aromatic nitrogens is 2. The van der Waals surface area contributed by atoms with Gasteiger partial charge in [-0.2, -0.15) is 0 Å². The summed E-state index contributed by atoms with van der Waals surface area (Å²) in [7, 11) is 0. The normalized spacial score (nSPS) is 11.2. The van der Waals surface area contributed by atoms with Crippen LogP contribution in [0.15, 0.2) is 54.7 Å². The molecular formula is C15H9N3O2S. The number of para-hydroxylation sites is 1. The number of non-ortho nitro benzene ring substituents is 1. The summed E-state index contributed by atoms with van der Waals surface area (Å²) < 4.78 is 3.19. The fourth-order valence-electron chi connectivity index (χ4n) is 2.37. The Morgan fingerprint density at radius 3 is 2.86 bits per heavy atom. The van der Waals surface area contributed by atoms with E-state index in [2.05, 4.69) is 11.1 Å². The molecule has 0 radical (unpaired) electrons. The molecule has 0 bridgehead atoms. The quantitative estimate of drug-likeness (QED) is 0.413. The molecule has 0 N–H and O–H groups in total. The number of rotatable bonds is 2. The van der Waals surface area contributed by atoms with Crippen molar-refractivity contribution in [3.8, 4) is 11.3 Å². The minimum Gasteiger partial charge on any atom is -0.290 e. The maximum absolute atomic E-state index is 10.9. The number of nitro benzene ring substituents is 1. The Bertz CT molecular complexity index is 987. The SMILES string of the molecule is O=[N+]([O-])c1cccc(-c2cn3c(n2)sc2ccccc23)c1. The largest absolute Gasteiger partial charge is 0.290 e. The van der Waals surface area contributed by atoms with E-state index in [4.69, 9.17) is 0 Å². The van der Waals surface area contributed by atoms with Gasteiger partial charge in [-0.1, -0.05) is 35.6 Å². The van der Waals surface area contributed by atoms with Gasteiger partial charge in [-0.3, -0.25) is 14.5 Å². The molecule has 2 aromatic carbocycles. The summed E-state index contributed by atoms with van der Waals surface area (Å²) >= 11 is 1.61. The summed E-state index contributed by atoms with van der Waals surface area (Å²) in [5, 5.41) is 10.9. The van der Waals surface area contributed by atoms with Gasteiger partial charge in [0.25, 0.3) is 5.69 Å². The highest BCUT2D eigenvalue weighted by Crippen LogP contribution is 2.30. The molecule has 0 aliphatic rings. The van der Waals surface area contributed by atoms with Gasteiger partial charge in [-0.15, -0.1) is 0 Å². The Morgan fingerprint density at radius 1 is 1.14 bits per heavy atom. The van der Waals surface area contributed by atoms with Crippen molar-refractivity contribution in [3.05, 3.63) is 64.8 Å². The van der Waals surface area contributed by atoms with Crippen LogP contribution < -0.4 is 0 Å². The first-order chi connectivity index (χ1) is 10.2. The number of hydrogen-bond donors (Lipinski definition) is 0. The molecule has 102 valence electrons. The molecule has 0 aliphatic heterocycles. The minimum atomic E-state index is -0.392. The Labute approximate surface area is 123 Å². The summed E-state index contributed by atoms with van der Waals surface area (Å²) in [5.41, 5.74) is 2.68. The van der Waals surface area contributed by atoms with Gasteiger partial charge < -0.3 is 0 Å². The van der Waals surface area contributed by atoms with Crippen LogP contribution in [0.2, 0.25) is 0 Å². The summed E-state index contributed by atoms with van der Waals surface area (Å²) in [5.74, 6) is 0. The van der Waals surface area contributed by atoms with Crippen molar-refractivity contribution in [2.75, 3.05) is 0 Å². The number of benzene rings is 2. The molecule has 0 saturated heterocycles. The monoisotopic (exact) mass is 295 g/mol. The maximum atomic E-state index is 10.9. The lowest BCUT2D eigenvalue weighted by atomic mass is 10.1. The van der Waals surface area contributed by atoms with E-state index < -0.39 is 4.92 Å². The average Bonchev–Trinajstić information content (AvgIpc) is 3.05. The molecule has 0 spiro atoms. The van der Waals surface area contributed by atoms with Gasteiger partial charge in [0.05, 0.1) is 20.8 Å². The van der Waals surface area contributed by atoms with Gasteiger partial charge in [-0.05, 0) is 12.1 Å². The van der Waals surface area contributed by atoms with E-state index in [1.54, 1.807) is 23.5 Å². The van der Waals surface area contributed by atoms with Crippen molar-refractivity contribution in [3.63, 3.8) is 0 Å². The first-order valence-electron chi connectivity index (χ1n) is 6.34. The smallest absolute Gasteiger partial charge is 0.270 e. The minimum absolute atomic E-state index is 0.0775. The van der Waals surface area contributed by atoms with Crippen LogP contribution in [-0.2, 0) is 0 Å². The highest BCUT2D eigenvalue weighted by atomic mass is 32.1. The highest BCUT2D eigenvalue weighted by molar-refractivity contribution is 7.23. The van der Waals surface area contributed by atoms with Crippen molar-refractivity contribution in [2.24, 2.45) is 0 Å². The third-order valence-corrected chi connectivity index (χ3v) is 4.39. The van der Waals surface area contributed by atoms with E-state index >= 15 is 0 Å². The van der Waals surface area contributed by atoms with Crippen LogP contribution in [0.25, 0.3) is 26.4 Å². The second kappa shape index (κ2) is 4.39. The number of imidazole rings is 1. The first kappa shape index (κ1) is 12.0. The fourth-order valence-corrected chi connectivity index (χ4v) is 3.37. The second-order valence-electron chi connectivity index (χ2n) is 4.66. The van der Waals surface area contributed by atoms with E-state index in [-0.39, 0.29) is 5.69 Å². The molecule has 0 amide bonds. The number of nitrogens with zero attached hydrogens (tertiary/aromatic N) is 3. The van der Waals surface area contributed by atoms with Crippen LogP contribution >= 0.6 is 11.3 Å². The van der Waals surface area contributed by atoms with Crippen molar-refractivity contribution >= 4 is 32.2 Å². The zero-order valence-electron chi connectivity index (χ0n) is 10.8. The molecular weight excluding hydrogens is 286 g/mol. The molecule has 2 aromatic heterocycles. The van der Waals surface area contributed by atoms with Gasteiger partial charge in [0, 0.05) is 23.9 Å². The second-order valence-corrected chi connectivity index (χ2v) is 5.67. The van der Waals surface area contributed by atoms with Gasteiger partial charge in [-0.25, -0.2) is 4.98 Å². The molecule has 0 atom stereocenters. The summed E-state index contributed by atoms with van der Waals surface area (Å²) in [6.45, 7) is 0. The molecule has 4 rings (SSSR count). The molecule has 0 aliphatic carbocycles. The van der Waals surface area contributed by atoms with Crippen molar-refractivity contribution < 1.29 is 4.92 Å². The van der Waals surface area contributed by atoms with E-state index in [1.807, 2.05) is 34.9 Å². The Kier molecular flexibility index (Phi) is 2.52. The molecule has 4 aromatic rings. The third kappa shape index (κ3) is 1.88. The van der Waals surface area contributed by atoms with Gasteiger partial charge in [0.15, 0.2) is 4.96 Å². The molecule has 0 fully saturated rings. The van der Waals surface area contributed by atoms with E-state index in [1.165, 1.54) is 10.8 Å². The van der Waals surface area contributed by atoms with Crippen LogP contribution in [0.5, 0.6) is 0 Å². The lowest BCUT2D eigenvalue weighted by molar-refractivity contribution is -0.384. The van der Waals surface area contributed by atoms with E-state index in [9.17, 15) is 10.1 Å². The van der Waals surface area contributed by atoms with Crippen molar-refractivity contribution in [1.29, 1.82) is 0 Å². The standard InChI is InChI=1S/C15H9N3O2S/c19-18(20)11-5-3-4-10(8-11)12-9-17-13-6-1-2-7-14(13)21-15(17)16-12/h1-9H. The van der Waals surface area contributed by atoms with Crippen molar-refractivity contribution in [2.45, 2.75) is 0 Å². The van der Waals surface area contributed by atoms with Crippen LogP contribution in [0.3, 0.4) is 0 Å². The fraction of sp³-hybridized carbons (Fsp3) is 0. The van der Waals surface area contributed by atoms with Crippen LogP contribution in [0.4, 0.5) is 5.69 Å². The predicted octanol–water partition coefficient (Wildman–Crippen LogP) is 4.12. The topological polar surface area (TPSA) is 60.4 Å². The summed E-state index contributed by atoms with van der Waals surface area (Å²) in [4.78, 5) is 15.9. The highest BCUT2D eigenvalue weighted by Gasteiger charge is 2.12. The Morgan fingerprint density at radius 2 is 2.00 bits per heavy atom. The van der Waals surface area contributed by atoms with Crippen LogP contribution in [-0.4, -0.2) is 14.3 Å². The molecule has 0 saturated carbocycles. The predicted molar refractivity (Wildman–Crippen MR) is 82.7 cm³/mol. The van der Waals surface area contributed by atoms with Gasteiger partial charge in [0.2, 0.25) is 0 Å². The molecule has 0 unspecified atom stereocenters. The number of thiazole rings is 1. The van der Waals surface area contributed by atoms with Crippen LogP contribution in [0, 0.1) is 10.1 Å². The lowest BCUT2D eigenvalue weighted by Gasteiger charge is -1.96. The zero-order chi connectivity index (χ0) is 14.4. The van der Waals surface area contributed by atoms with E-state index in [0.717, 1.165) is 21.7 Å². The Hall–Kier alpha value is -2.73. The van der Waals surface area contributed by atoms with Gasteiger partial charge >= 0.3 is 0 Å². The summed E-state index contributed by atoms with van der Waals surface area (Å²) in [6, 6.07) is 14.6. The number of hydrogen-bond acceptors (Lipinski definition) is 4. The number of fused-ring (bicyclic) bond motifs is 3. The first-order valence-corrected chi connectivity index (χ1v) is 7.15. The molecule has 5 nitrogen and oxygen atoms in total. The molecule has 2 heterocycles. The maximum Gasteiger partial charge on any atom is 0.270 e. The average molecular weight is 295 g/mol.